The summed E-state index contributed by atoms with van der Waals surface area (Å²) in [6.45, 7) is 22.3. The molecule has 0 N–H and O–H groups in total. The molecule has 6 heterocycles. The van der Waals surface area contributed by atoms with E-state index in [4.69, 9.17) is 0 Å². The molecule has 0 spiro atoms. The predicted octanol–water partition coefficient (Wildman–Crippen LogP) is 28.3. The Morgan fingerprint density at radius 1 is 0.260 bits per heavy atom. The third kappa shape index (κ3) is 26.1. The van der Waals surface area contributed by atoms with E-state index >= 15 is 0 Å². The van der Waals surface area contributed by atoms with Crippen LogP contribution in [0.15, 0.2) is 402 Å². The van der Waals surface area contributed by atoms with Crippen molar-refractivity contribution in [1.29, 1.82) is 0 Å². The summed E-state index contributed by atoms with van der Waals surface area (Å²) in [5.74, 6) is 7.63. The van der Waals surface area contributed by atoms with Gasteiger partial charge in [-0.2, -0.15) is 72.8 Å². The molecular formula is C112H104Ir3N12-6. The second kappa shape index (κ2) is 49.7. The first-order valence-electron chi connectivity index (χ1n) is 42.3. The Morgan fingerprint density at radius 2 is 0.543 bits per heavy atom. The SMILES string of the molecule is CC(C)Cc1cccc(CC(C)C)c1-n1ccnc1-c1[c-]cccc1.CC(C)c1cccc(C(C)C)c1-n1ccnc1-c1[c-]cccc1.Cc1cccc(C)c1-n1ccnc1-c1[c-]cccc1.[Ir].[Ir].[Ir].[c-]1ccccc1N(c1ccccc1)c1ccccn1.[c-]1ccccc1N(c1ccccc1)c1ccccn1.[c-]1ccccc1N(c1ccccc1)c1ccccn1. The monoisotopic (exact) mass is 2200 g/mol. The molecule has 12 aromatic carbocycles. The second-order valence-electron chi connectivity index (χ2n) is 31.0. The summed E-state index contributed by atoms with van der Waals surface area (Å²) in [6, 6.07) is 135. The molecule has 645 valence electrons. The van der Waals surface area contributed by atoms with Crippen LogP contribution in [0.5, 0.6) is 0 Å². The van der Waals surface area contributed by atoms with Crippen molar-refractivity contribution in [3.8, 4) is 51.2 Å². The van der Waals surface area contributed by atoms with Gasteiger partial charge in [-0.15, -0.1) is 126 Å². The van der Waals surface area contributed by atoms with Crippen LogP contribution in [0.3, 0.4) is 0 Å². The van der Waals surface area contributed by atoms with Crippen LogP contribution in [-0.2, 0) is 73.2 Å². The van der Waals surface area contributed by atoms with Gasteiger partial charge < -0.3 is 28.4 Å². The minimum absolute atomic E-state index is 0. The van der Waals surface area contributed by atoms with Crippen LogP contribution in [0.2, 0.25) is 0 Å². The smallest absolute Gasteiger partial charge is 0.135 e. The first kappa shape index (κ1) is 96.3. The molecule has 0 atom stereocenters. The van der Waals surface area contributed by atoms with Crippen molar-refractivity contribution in [2.45, 2.75) is 93.9 Å². The van der Waals surface area contributed by atoms with Crippen molar-refractivity contribution in [3.05, 3.63) is 471 Å². The van der Waals surface area contributed by atoms with Gasteiger partial charge in [-0.25, -0.2) is 15.0 Å². The third-order valence-electron chi connectivity index (χ3n) is 20.2. The van der Waals surface area contributed by atoms with Crippen LogP contribution in [0, 0.1) is 62.1 Å². The number of imidazole rings is 3. The summed E-state index contributed by atoms with van der Waals surface area (Å²) in [7, 11) is 0. The number of pyridine rings is 3. The topological polar surface area (TPSA) is 102 Å². The summed E-state index contributed by atoms with van der Waals surface area (Å²) in [4.78, 5) is 33.3. The van der Waals surface area contributed by atoms with Crippen LogP contribution >= 0.6 is 0 Å². The molecule has 3 radical (unpaired) electrons. The normalized spacial score (nSPS) is 10.4. The standard InChI is InChI=1S/C23H27N2.C21H23N2.C17H15N2.3C17H13N2.3Ir/c1-17(2)15-20-11-8-12-21(16-18(3)4)22(20)25-14-13-24-23(25)19-9-6-5-7-10-19;1-15(2)18-11-8-12-19(16(3)4)20(18)23-14-13-22-21(23)17-9-6-5-7-10-17;1-13-7-6-8-14(2)16(13)19-12-11-18-17(19)15-9-4-3-5-10-15;3*1-3-9-15(10-4-1)19(16-11-5-2-6-12-16)17-13-7-8-14-18-17;;;/h5-9,11-14,17-18H,15-16H2,1-4H3;5-9,11-16H,1-4H3;3-9,11-12H,1-2H3;3*1-11,13-14H;;;/q6*-1;;;. The third-order valence-corrected chi connectivity index (χ3v) is 20.2. The van der Waals surface area contributed by atoms with Gasteiger partial charge in [0, 0.05) is 150 Å². The van der Waals surface area contributed by atoms with Crippen LogP contribution in [0.1, 0.15) is 101 Å². The number of anilines is 9. The molecule has 0 unspecified atom stereocenters. The Hall–Kier alpha value is -12.9. The Bertz CT molecular complexity index is 5500. The molecule has 0 saturated carbocycles. The van der Waals surface area contributed by atoms with Gasteiger partial charge in [0.2, 0.25) is 0 Å². The van der Waals surface area contributed by atoms with Crippen LogP contribution in [0.25, 0.3) is 51.2 Å². The fraction of sp³-hybridized carbons (Fsp3) is 0.143. The molecule has 12 nitrogen and oxygen atoms in total. The van der Waals surface area contributed by atoms with Gasteiger partial charge in [0.05, 0.1) is 17.5 Å². The van der Waals surface area contributed by atoms with E-state index in [2.05, 4.69) is 279 Å². The van der Waals surface area contributed by atoms with E-state index in [0.29, 0.717) is 23.7 Å². The Morgan fingerprint density at radius 3 is 0.827 bits per heavy atom. The molecule has 18 aromatic rings. The van der Waals surface area contributed by atoms with Crippen molar-refractivity contribution in [2.24, 2.45) is 11.8 Å². The van der Waals surface area contributed by atoms with E-state index in [1.54, 1.807) is 18.6 Å². The Balaban J connectivity index is 0.000000159. The molecule has 6 aromatic heterocycles. The zero-order valence-electron chi connectivity index (χ0n) is 73.2. The van der Waals surface area contributed by atoms with Gasteiger partial charge >= 0.3 is 0 Å². The van der Waals surface area contributed by atoms with E-state index in [9.17, 15) is 0 Å². The minimum Gasteiger partial charge on any atom is -0.340 e. The van der Waals surface area contributed by atoms with Crippen LogP contribution < -0.4 is 14.7 Å². The van der Waals surface area contributed by atoms with E-state index in [1.807, 2.05) is 267 Å². The van der Waals surface area contributed by atoms with Crippen molar-refractivity contribution in [1.82, 2.24) is 43.6 Å². The molecule has 0 amide bonds. The number of aryl methyl sites for hydroxylation is 2. The van der Waals surface area contributed by atoms with Gasteiger partial charge in [-0.3, -0.25) is 15.0 Å². The summed E-state index contributed by atoms with van der Waals surface area (Å²) in [5, 5.41) is 0. The number of aromatic nitrogens is 9. The van der Waals surface area contributed by atoms with Gasteiger partial charge in [0.15, 0.2) is 0 Å². The first-order chi connectivity index (χ1) is 60.8. The van der Waals surface area contributed by atoms with Gasteiger partial charge in [0.1, 0.15) is 17.5 Å². The first-order valence-corrected chi connectivity index (χ1v) is 42.3. The number of para-hydroxylation sites is 9. The number of hydrogen-bond donors (Lipinski definition) is 0. The molecule has 0 aliphatic carbocycles. The Kier molecular flexibility index (Phi) is 37.7. The summed E-state index contributed by atoms with van der Waals surface area (Å²) >= 11 is 0. The van der Waals surface area contributed by atoms with Crippen molar-refractivity contribution in [3.63, 3.8) is 0 Å². The quantitative estimate of drug-likeness (QED) is 0.0651. The van der Waals surface area contributed by atoms with Gasteiger partial charge in [-0.05, 0) is 157 Å². The van der Waals surface area contributed by atoms with Gasteiger partial charge in [0.25, 0.3) is 0 Å². The van der Waals surface area contributed by atoms with Gasteiger partial charge in [-0.1, -0.05) is 200 Å². The molecule has 0 fully saturated rings. The maximum Gasteiger partial charge on any atom is 0.135 e. The number of rotatable bonds is 21. The minimum atomic E-state index is 0. The molecule has 18 rings (SSSR count). The van der Waals surface area contributed by atoms with Crippen LogP contribution in [0.4, 0.5) is 51.6 Å². The molecule has 0 aliphatic heterocycles. The molecular weight excluding hydrogens is 2090 g/mol. The van der Waals surface area contributed by atoms with E-state index in [-0.39, 0.29) is 60.3 Å². The average molecular weight is 2190 g/mol. The molecule has 0 saturated heterocycles. The average Bonchev–Trinajstić information content (AvgIpc) is 1.68. The fourth-order valence-corrected chi connectivity index (χ4v) is 14.7. The fourth-order valence-electron chi connectivity index (χ4n) is 14.7. The zero-order chi connectivity index (χ0) is 86.2. The number of hydrogen-bond acceptors (Lipinski definition) is 9. The zero-order valence-corrected chi connectivity index (χ0v) is 80.4. The largest absolute Gasteiger partial charge is 0.340 e. The second-order valence-corrected chi connectivity index (χ2v) is 31.0. The van der Waals surface area contributed by atoms with E-state index < -0.39 is 0 Å². The van der Waals surface area contributed by atoms with Crippen molar-refractivity contribution < 1.29 is 60.3 Å². The summed E-state index contributed by atoms with van der Waals surface area (Å²) in [5.41, 5.74) is 21.0. The van der Waals surface area contributed by atoms with E-state index in [0.717, 1.165) is 98.6 Å². The molecule has 0 bridgehead atoms. The summed E-state index contributed by atoms with van der Waals surface area (Å²) in [6.07, 6.45) is 19.3. The maximum absolute atomic E-state index is 4.64. The predicted molar refractivity (Wildman–Crippen MR) is 512 cm³/mol. The maximum atomic E-state index is 4.64. The number of nitrogens with zero attached hydrogens (tertiary/aromatic N) is 12. The Labute approximate surface area is 792 Å². The van der Waals surface area contributed by atoms with Crippen molar-refractivity contribution in [2.75, 3.05) is 14.7 Å². The summed E-state index contributed by atoms with van der Waals surface area (Å²) < 4.78 is 6.61. The van der Waals surface area contributed by atoms with Crippen LogP contribution in [-0.4, -0.2) is 43.6 Å². The molecule has 127 heavy (non-hydrogen) atoms. The number of benzene rings is 12. The molecule has 0 aliphatic rings. The van der Waals surface area contributed by atoms with E-state index in [1.165, 1.54) is 50.4 Å². The van der Waals surface area contributed by atoms with Crippen molar-refractivity contribution >= 4 is 51.6 Å². The molecule has 15 heteroatoms.